The van der Waals surface area contributed by atoms with E-state index < -0.39 is 0 Å². The zero-order valence-electron chi connectivity index (χ0n) is 18.7. The van der Waals surface area contributed by atoms with Gasteiger partial charge in [0.2, 0.25) is 5.91 Å². The Morgan fingerprint density at radius 3 is 2.58 bits per heavy atom. The quantitative estimate of drug-likeness (QED) is 0.405. The monoisotopic (exact) mass is 443 g/mol. The normalized spacial score (nSPS) is 10.8. The van der Waals surface area contributed by atoms with Gasteiger partial charge in [0.1, 0.15) is 11.6 Å². The van der Waals surface area contributed by atoms with E-state index in [0.717, 1.165) is 39.5 Å². The van der Waals surface area contributed by atoms with Crippen LogP contribution in [-0.2, 0) is 17.8 Å². The molecule has 4 aromatic rings. The number of nitrogens with one attached hydrogen (secondary N) is 1. The number of ether oxygens (including phenoxy) is 1. The van der Waals surface area contributed by atoms with Crippen molar-refractivity contribution in [3.8, 4) is 22.7 Å². The molecule has 5 nitrogen and oxygen atoms in total. The number of aromatic nitrogens is 2. The number of aryl methyl sites for hydroxylation is 2. The number of methoxy groups -OCH3 is 1. The average molecular weight is 444 g/mol. The molecule has 0 unspecified atom stereocenters. The molecule has 0 aliphatic rings. The molecule has 0 fully saturated rings. The second kappa shape index (κ2) is 10.1. The molecule has 33 heavy (non-hydrogen) atoms. The Morgan fingerprint density at radius 2 is 1.82 bits per heavy atom. The number of carbonyl (C=O) groups excluding carboxylic acids is 1. The van der Waals surface area contributed by atoms with E-state index in [-0.39, 0.29) is 11.7 Å². The summed E-state index contributed by atoms with van der Waals surface area (Å²) in [5.74, 6) is 0.395. The van der Waals surface area contributed by atoms with Crippen molar-refractivity contribution in [2.75, 3.05) is 7.11 Å². The van der Waals surface area contributed by atoms with Crippen molar-refractivity contribution in [1.29, 1.82) is 0 Å². The summed E-state index contributed by atoms with van der Waals surface area (Å²) < 4.78 is 20.6. The van der Waals surface area contributed by atoms with E-state index in [4.69, 9.17) is 9.84 Å². The van der Waals surface area contributed by atoms with Crippen LogP contribution in [0.2, 0.25) is 0 Å². The molecule has 6 heteroatoms. The Labute approximate surface area is 192 Å². The third-order valence-corrected chi connectivity index (χ3v) is 5.38. The number of carbonyl (C=O) groups is 1. The van der Waals surface area contributed by atoms with Crippen LogP contribution in [0.5, 0.6) is 5.75 Å². The number of amides is 1. The summed E-state index contributed by atoms with van der Waals surface area (Å²) in [6.07, 6.45) is 0.814. The fraction of sp³-hybridized carbons (Fsp3) is 0.185. The fourth-order valence-corrected chi connectivity index (χ4v) is 3.67. The Hall–Kier alpha value is -3.93. The summed E-state index contributed by atoms with van der Waals surface area (Å²) in [6, 6.07) is 23.9. The van der Waals surface area contributed by atoms with Gasteiger partial charge in [-0.1, -0.05) is 42.0 Å². The Morgan fingerprint density at radius 1 is 1.03 bits per heavy atom. The zero-order valence-corrected chi connectivity index (χ0v) is 18.7. The van der Waals surface area contributed by atoms with Crippen LogP contribution in [0.4, 0.5) is 4.39 Å². The van der Waals surface area contributed by atoms with Crippen LogP contribution in [0, 0.1) is 12.7 Å². The lowest BCUT2D eigenvalue weighted by Crippen LogP contribution is -2.23. The van der Waals surface area contributed by atoms with Gasteiger partial charge in [-0.25, -0.2) is 9.07 Å². The Bertz CT molecular complexity index is 1250. The minimum absolute atomic E-state index is 0.0317. The Kier molecular flexibility index (Phi) is 6.83. The largest absolute Gasteiger partial charge is 0.497 e. The highest BCUT2D eigenvalue weighted by Crippen LogP contribution is 2.27. The highest BCUT2D eigenvalue weighted by Gasteiger charge is 2.14. The van der Waals surface area contributed by atoms with E-state index in [1.807, 2.05) is 55.5 Å². The van der Waals surface area contributed by atoms with Crippen molar-refractivity contribution >= 4 is 5.91 Å². The summed E-state index contributed by atoms with van der Waals surface area (Å²) in [5, 5.41) is 7.69. The van der Waals surface area contributed by atoms with E-state index in [1.165, 1.54) is 12.1 Å². The van der Waals surface area contributed by atoms with Gasteiger partial charge >= 0.3 is 0 Å². The van der Waals surface area contributed by atoms with Crippen LogP contribution in [-0.4, -0.2) is 22.8 Å². The van der Waals surface area contributed by atoms with Gasteiger partial charge in [0, 0.05) is 24.9 Å². The van der Waals surface area contributed by atoms with E-state index in [2.05, 4.69) is 11.4 Å². The molecule has 0 radical (unpaired) electrons. The van der Waals surface area contributed by atoms with Crippen molar-refractivity contribution < 1.29 is 13.9 Å². The van der Waals surface area contributed by atoms with Crippen LogP contribution >= 0.6 is 0 Å². The maximum absolute atomic E-state index is 13.5. The fourth-order valence-electron chi connectivity index (χ4n) is 3.67. The lowest BCUT2D eigenvalue weighted by Gasteiger charge is -2.09. The second-order valence-electron chi connectivity index (χ2n) is 7.91. The summed E-state index contributed by atoms with van der Waals surface area (Å²) in [4.78, 5) is 12.4. The van der Waals surface area contributed by atoms with Gasteiger partial charge in [-0.05, 0) is 55.0 Å². The van der Waals surface area contributed by atoms with Crippen LogP contribution < -0.4 is 10.1 Å². The summed E-state index contributed by atoms with van der Waals surface area (Å²) >= 11 is 0. The van der Waals surface area contributed by atoms with Gasteiger partial charge in [-0.3, -0.25) is 4.79 Å². The molecule has 1 amide bonds. The molecule has 0 aliphatic heterocycles. The molecule has 1 aromatic heterocycles. The molecule has 0 atom stereocenters. The number of nitrogens with zero attached hydrogens (tertiary/aromatic N) is 2. The maximum Gasteiger partial charge on any atom is 0.220 e. The first-order valence-electron chi connectivity index (χ1n) is 10.8. The van der Waals surface area contributed by atoms with Gasteiger partial charge in [0.05, 0.1) is 24.2 Å². The van der Waals surface area contributed by atoms with E-state index in [0.29, 0.717) is 19.4 Å². The van der Waals surface area contributed by atoms with Gasteiger partial charge < -0.3 is 10.1 Å². The second-order valence-corrected chi connectivity index (χ2v) is 7.91. The van der Waals surface area contributed by atoms with Crippen molar-refractivity contribution in [2.45, 2.75) is 26.3 Å². The molecule has 1 N–H and O–H groups in total. The van der Waals surface area contributed by atoms with Gasteiger partial charge in [-0.2, -0.15) is 5.10 Å². The van der Waals surface area contributed by atoms with Gasteiger partial charge in [-0.15, -0.1) is 0 Å². The molecule has 0 bridgehead atoms. The third kappa shape index (κ3) is 5.66. The number of rotatable bonds is 8. The molecule has 0 spiro atoms. The molecule has 168 valence electrons. The first-order chi connectivity index (χ1) is 16.0. The lowest BCUT2D eigenvalue weighted by atomic mass is 10.1. The smallest absolute Gasteiger partial charge is 0.220 e. The maximum atomic E-state index is 13.5. The van der Waals surface area contributed by atoms with Crippen molar-refractivity contribution in [2.24, 2.45) is 0 Å². The predicted octanol–water partition coefficient (Wildman–Crippen LogP) is 5.24. The summed E-state index contributed by atoms with van der Waals surface area (Å²) in [6.45, 7) is 2.53. The van der Waals surface area contributed by atoms with Gasteiger partial charge in [0.15, 0.2) is 0 Å². The number of benzene rings is 3. The topological polar surface area (TPSA) is 56.1 Å². The number of hydrogen-bond donors (Lipinski definition) is 1. The highest BCUT2D eigenvalue weighted by molar-refractivity contribution is 5.76. The van der Waals surface area contributed by atoms with Gasteiger partial charge in [0.25, 0.3) is 0 Å². The van der Waals surface area contributed by atoms with Crippen molar-refractivity contribution in [3.05, 3.63) is 102 Å². The van der Waals surface area contributed by atoms with Crippen LogP contribution in [0.15, 0.2) is 78.9 Å². The van der Waals surface area contributed by atoms with Crippen LogP contribution in [0.1, 0.15) is 23.2 Å². The zero-order chi connectivity index (χ0) is 23.2. The Balaban J connectivity index is 1.52. The number of halogens is 1. The van der Waals surface area contributed by atoms with Crippen LogP contribution in [0.3, 0.4) is 0 Å². The SMILES string of the molecule is COc1cccc(-c2cc(CCC(=O)NCc3cccc(C)c3)nn2-c2ccc(F)cc2)c1. The minimum atomic E-state index is -0.306. The predicted molar refractivity (Wildman–Crippen MR) is 127 cm³/mol. The molecule has 0 aliphatic carbocycles. The molecular formula is C27H26FN3O2. The highest BCUT2D eigenvalue weighted by atomic mass is 19.1. The molecule has 0 saturated carbocycles. The molecule has 0 saturated heterocycles. The third-order valence-electron chi connectivity index (χ3n) is 5.38. The average Bonchev–Trinajstić information content (AvgIpc) is 3.26. The molecule has 4 rings (SSSR count). The molecule has 3 aromatic carbocycles. The van der Waals surface area contributed by atoms with Crippen molar-refractivity contribution in [3.63, 3.8) is 0 Å². The first kappa shape index (κ1) is 22.3. The van der Waals surface area contributed by atoms with E-state index in [9.17, 15) is 9.18 Å². The first-order valence-corrected chi connectivity index (χ1v) is 10.8. The standard InChI is InChI=1S/C27H26FN3O2/c1-19-5-3-6-20(15-19)18-29-27(32)14-11-23-17-26(21-7-4-8-25(16-21)33-2)31(30-23)24-12-9-22(28)10-13-24/h3-10,12-13,15-17H,11,14,18H2,1-2H3,(H,29,32). The minimum Gasteiger partial charge on any atom is -0.497 e. The van der Waals surface area contributed by atoms with E-state index in [1.54, 1.807) is 23.9 Å². The number of hydrogen-bond acceptors (Lipinski definition) is 3. The molecule has 1 heterocycles. The molecular weight excluding hydrogens is 417 g/mol. The van der Waals surface area contributed by atoms with Crippen molar-refractivity contribution in [1.82, 2.24) is 15.1 Å². The van der Waals surface area contributed by atoms with Crippen LogP contribution in [0.25, 0.3) is 16.9 Å². The lowest BCUT2D eigenvalue weighted by molar-refractivity contribution is -0.121. The van der Waals surface area contributed by atoms with E-state index >= 15 is 0 Å². The summed E-state index contributed by atoms with van der Waals surface area (Å²) in [7, 11) is 1.62. The summed E-state index contributed by atoms with van der Waals surface area (Å²) in [5.41, 5.74) is 5.52.